The van der Waals surface area contributed by atoms with E-state index in [1.807, 2.05) is 0 Å². The van der Waals surface area contributed by atoms with Crippen LogP contribution in [-0.2, 0) is 0 Å². The van der Waals surface area contributed by atoms with Gasteiger partial charge in [-0.2, -0.15) is 0 Å². The Morgan fingerprint density at radius 1 is 1.22 bits per heavy atom. The first-order chi connectivity index (χ1) is 8.54. The van der Waals surface area contributed by atoms with E-state index in [1.165, 1.54) is 32.4 Å². The Labute approximate surface area is 112 Å². The molecular weight excluding hydrogens is 224 g/mol. The van der Waals surface area contributed by atoms with E-state index in [9.17, 15) is 5.11 Å². The monoisotopic (exact) mass is 254 g/mol. The summed E-state index contributed by atoms with van der Waals surface area (Å²) in [6.45, 7) is 7.74. The third kappa shape index (κ3) is 4.52. The molecule has 2 N–H and O–H groups in total. The van der Waals surface area contributed by atoms with Crippen molar-refractivity contribution in [3.05, 3.63) is 0 Å². The van der Waals surface area contributed by atoms with Crippen LogP contribution in [0.3, 0.4) is 0 Å². The lowest BCUT2D eigenvalue weighted by atomic mass is 9.87. The molecule has 0 aromatic carbocycles. The Kier molecular flexibility index (Phi) is 5.05. The van der Waals surface area contributed by atoms with Crippen LogP contribution < -0.4 is 5.32 Å². The first-order valence-electron chi connectivity index (χ1n) is 7.64. The van der Waals surface area contributed by atoms with Crippen LogP contribution in [0.1, 0.15) is 39.5 Å². The first kappa shape index (κ1) is 14.3. The Morgan fingerprint density at radius 2 is 1.94 bits per heavy atom. The van der Waals surface area contributed by atoms with Gasteiger partial charge < -0.3 is 15.3 Å². The Morgan fingerprint density at radius 3 is 2.56 bits per heavy atom. The van der Waals surface area contributed by atoms with Gasteiger partial charge in [-0.25, -0.2) is 0 Å². The van der Waals surface area contributed by atoms with E-state index in [2.05, 4.69) is 31.1 Å². The molecule has 0 aromatic rings. The van der Waals surface area contributed by atoms with Gasteiger partial charge in [0.1, 0.15) is 0 Å². The van der Waals surface area contributed by atoms with Crippen LogP contribution in [0.2, 0.25) is 0 Å². The van der Waals surface area contributed by atoms with Gasteiger partial charge in [0.15, 0.2) is 0 Å². The molecule has 3 heteroatoms. The predicted molar refractivity (Wildman–Crippen MR) is 75.6 cm³/mol. The summed E-state index contributed by atoms with van der Waals surface area (Å²) < 4.78 is 0. The Bertz CT molecular complexity index is 253. The van der Waals surface area contributed by atoms with Gasteiger partial charge in [0.2, 0.25) is 0 Å². The van der Waals surface area contributed by atoms with Crippen LogP contribution >= 0.6 is 0 Å². The molecule has 0 amide bonds. The fourth-order valence-corrected chi connectivity index (χ4v) is 3.03. The molecule has 3 atom stereocenters. The van der Waals surface area contributed by atoms with E-state index < -0.39 is 0 Å². The minimum absolute atomic E-state index is 0.134. The lowest BCUT2D eigenvalue weighted by Gasteiger charge is -2.37. The molecule has 0 aromatic heterocycles. The third-order valence-electron chi connectivity index (χ3n) is 4.46. The zero-order chi connectivity index (χ0) is 13.1. The van der Waals surface area contributed by atoms with Crippen molar-refractivity contribution < 1.29 is 5.11 Å². The number of likely N-dealkylation sites (tertiary alicyclic amines) is 1. The van der Waals surface area contributed by atoms with Gasteiger partial charge in [-0.15, -0.1) is 0 Å². The van der Waals surface area contributed by atoms with Crippen LogP contribution in [0.5, 0.6) is 0 Å². The zero-order valence-electron chi connectivity index (χ0n) is 12.2. The highest BCUT2D eigenvalue weighted by molar-refractivity contribution is 4.86. The molecule has 3 nitrogen and oxygen atoms in total. The maximum absolute atomic E-state index is 10.0. The molecule has 106 valence electrons. The highest BCUT2D eigenvalue weighted by atomic mass is 16.3. The third-order valence-corrected chi connectivity index (χ3v) is 4.46. The maximum Gasteiger partial charge on any atom is 0.0566 e. The van der Waals surface area contributed by atoms with Crippen molar-refractivity contribution in [1.29, 1.82) is 0 Å². The summed E-state index contributed by atoms with van der Waals surface area (Å²) in [6, 6.07) is 0.633. The summed E-state index contributed by atoms with van der Waals surface area (Å²) in [7, 11) is 2.21. The summed E-state index contributed by atoms with van der Waals surface area (Å²) in [5.41, 5.74) is 0. The number of nitrogens with zero attached hydrogens (tertiary/aromatic N) is 1. The standard InChI is InChI=1S/C15H30N2O/c1-11(2)15(18)7-13-6-14(10-17(3)9-13)16-8-12-4-5-12/h11-16,18H,4-10H2,1-3H3. The molecule has 3 unspecified atom stereocenters. The molecule has 1 saturated carbocycles. The lowest BCUT2D eigenvalue weighted by molar-refractivity contribution is 0.0685. The van der Waals surface area contributed by atoms with E-state index >= 15 is 0 Å². The minimum Gasteiger partial charge on any atom is -0.393 e. The number of aliphatic hydroxyl groups excluding tert-OH is 1. The topological polar surface area (TPSA) is 35.5 Å². The van der Waals surface area contributed by atoms with Crippen LogP contribution in [0.15, 0.2) is 0 Å². The van der Waals surface area contributed by atoms with Crippen molar-refractivity contribution in [2.45, 2.75) is 51.7 Å². The summed E-state index contributed by atoms with van der Waals surface area (Å²) in [5, 5.41) is 13.8. The number of rotatable bonds is 6. The van der Waals surface area contributed by atoms with Gasteiger partial charge >= 0.3 is 0 Å². The summed E-state index contributed by atoms with van der Waals surface area (Å²) in [6.07, 6.45) is 4.91. The van der Waals surface area contributed by atoms with Gasteiger partial charge in [0.25, 0.3) is 0 Å². The molecule has 1 aliphatic carbocycles. The van der Waals surface area contributed by atoms with Crippen LogP contribution in [0.25, 0.3) is 0 Å². The molecular formula is C15H30N2O. The molecule has 2 fully saturated rings. The highest BCUT2D eigenvalue weighted by Gasteiger charge is 2.29. The molecule has 0 bridgehead atoms. The van der Waals surface area contributed by atoms with E-state index in [0.717, 1.165) is 18.9 Å². The van der Waals surface area contributed by atoms with Crippen molar-refractivity contribution in [2.24, 2.45) is 17.8 Å². The van der Waals surface area contributed by atoms with Crippen molar-refractivity contribution in [2.75, 3.05) is 26.7 Å². The van der Waals surface area contributed by atoms with E-state index in [4.69, 9.17) is 0 Å². The van der Waals surface area contributed by atoms with E-state index in [1.54, 1.807) is 0 Å². The first-order valence-corrected chi connectivity index (χ1v) is 7.64. The Hall–Kier alpha value is -0.120. The summed E-state index contributed by atoms with van der Waals surface area (Å²) in [4.78, 5) is 2.42. The Balaban J connectivity index is 1.75. The largest absolute Gasteiger partial charge is 0.393 e. The fraction of sp³-hybridized carbons (Fsp3) is 1.00. The van der Waals surface area contributed by atoms with E-state index in [-0.39, 0.29) is 6.10 Å². The molecule has 1 aliphatic heterocycles. The van der Waals surface area contributed by atoms with Crippen molar-refractivity contribution in [1.82, 2.24) is 10.2 Å². The number of likely N-dealkylation sites (N-methyl/N-ethyl adjacent to an activating group) is 1. The average Bonchev–Trinajstić information content (AvgIpc) is 3.09. The second kappa shape index (κ2) is 6.36. The number of piperidine rings is 1. The zero-order valence-corrected chi connectivity index (χ0v) is 12.2. The molecule has 1 saturated heterocycles. The summed E-state index contributed by atoms with van der Waals surface area (Å²) >= 11 is 0. The molecule has 2 rings (SSSR count). The van der Waals surface area contributed by atoms with Crippen molar-refractivity contribution >= 4 is 0 Å². The predicted octanol–water partition coefficient (Wildman–Crippen LogP) is 1.71. The van der Waals surface area contributed by atoms with Crippen molar-refractivity contribution in [3.63, 3.8) is 0 Å². The molecule has 0 spiro atoms. The van der Waals surface area contributed by atoms with E-state index in [0.29, 0.717) is 17.9 Å². The minimum atomic E-state index is -0.134. The molecule has 18 heavy (non-hydrogen) atoms. The molecule has 2 aliphatic rings. The molecule has 1 heterocycles. The SMILES string of the molecule is CC(C)C(O)CC1CC(NCC2CC2)CN(C)C1. The van der Waals surface area contributed by atoms with Gasteiger partial charge in [-0.05, 0) is 57.0 Å². The average molecular weight is 254 g/mol. The van der Waals surface area contributed by atoms with Crippen LogP contribution in [0, 0.1) is 17.8 Å². The van der Waals surface area contributed by atoms with Gasteiger partial charge in [-0.1, -0.05) is 13.8 Å². The second-order valence-electron chi connectivity index (χ2n) is 6.92. The summed E-state index contributed by atoms with van der Waals surface area (Å²) in [5.74, 6) is 1.99. The number of hydrogen-bond donors (Lipinski definition) is 2. The van der Waals surface area contributed by atoms with Crippen LogP contribution in [0.4, 0.5) is 0 Å². The van der Waals surface area contributed by atoms with Gasteiger partial charge in [0.05, 0.1) is 6.10 Å². The maximum atomic E-state index is 10.0. The van der Waals surface area contributed by atoms with Gasteiger partial charge in [0, 0.05) is 19.1 Å². The normalized spacial score (nSPS) is 31.8. The smallest absolute Gasteiger partial charge is 0.0566 e. The number of hydrogen-bond acceptors (Lipinski definition) is 3. The van der Waals surface area contributed by atoms with Crippen molar-refractivity contribution in [3.8, 4) is 0 Å². The second-order valence-corrected chi connectivity index (χ2v) is 6.92. The number of nitrogens with one attached hydrogen (secondary N) is 1. The quantitative estimate of drug-likeness (QED) is 0.757. The highest BCUT2D eigenvalue weighted by Crippen LogP contribution is 2.29. The van der Waals surface area contributed by atoms with Crippen LogP contribution in [-0.4, -0.2) is 48.8 Å². The van der Waals surface area contributed by atoms with Gasteiger partial charge in [-0.3, -0.25) is 0 Å². The number of aliphatic hydroxyl groups is 1. The lowest BCUT2D eigenvalue weighted by Crippen LogP contribution is -2.48. The molecule has 0 radical (unpaired) electrons. The fourth-order valence-electron chi connectivity index (χ4n) is 3.03.